The normalized spacial score (nSPS) is 10.9. The van der Waals surface area contributed by atoms with E-state index in [0.717, 1.165) is 5.56 Å². The molecule has 0 heterocycles. The fourth-order valence-corrected chi connectivity index (χ4v) is 2.99. The number of anilines is 1. The number of carbonyl (C=O) groups excluding carboxylic acids is 2. The van der Waals surface area contributed by atoms with E-state index < -0.39 is 11.8 Å². The summed E-state index contributed by atoms with van der Waals surface area (Å²) in [6, 6.07) is 17.8. The van der Waals surface area contributed by atoms with E-state index in [4.69, 9.17) is 14.2 Å². The molecule has 0 unspecified atom stereocenters. The first-order valence-electron chi connectivity index (χ1n) is 10.8. The van der Waals surface area contributed by atoms with Gasteiger partial charge in [0.25, 0.3) is 0 Å². The van der Waals surface area contributed by atoms with Crippen LogP contribution in [0.1, 0.15) is 25.0 Å². The molecule has 0 bridgehead atoms. The molecular formula is C26H26FN3O5. The van der Waals surface area contributed by atoms with E-state index >= 15 is 0 Å². The van der Waals surface area contributed by atoms with E-state index in [-0.39, 0.29) is 12.4 Å². The second kappa shape index (κ2) is 12.2. The Morgan fingerprint density at radius 2 is 1.63 bits per heavy atom. The maximum atomic E-state index is 13.1. The smallest absolute Gasteiger partial charge is 0.329 e. The standard InChI is InChI=1S/C26H26FN3O5/c1-4-34-22-12-10-21(11-13-22)28-25(31)26(32)30-29-17(2)19-7-14-23(24(15-19)33-3)35-16-18-5-8-20(27)9-6-18/h5-15H,4,16H2,1-3H3,(H,28,31)(H,30,32)/b29-17+. The zero-order chi connectivity index (χ0) is 25.2. The van der Waals surface area contributed by atoms with Gasteiger partial charge in [-0.25, -0.2) is 9.82 Å². The number of methoxy groups -OCH3 is 1. The lowest BCUT2D eigenvalue weighted by molar-refractivity contribution is -0.136. The van der Waals surface area contributed by atoms with Crippen molar-refractivity contribution in [3.8, 4) is 17.2 Å². The molecule has 3 rings (SSSR count). The van der Waals surface area contributed by atoms with Crippen molar-refractivity contribution in [2.24, 2.45) is 5.10 Å². The van der Waals surface area contributed by atoms with Crippen molar-refractivity contribution in [3.05, 3.63) is 83.7 Å². The Morgan fingerprint density at radius 1 is 0.914 bits per heavy atom. The monoisotopic (exact) mass is 479 g/mol. The topological polar surface area (TPSA) is 98.2 Å². The van der Waals surface area contributed by atoms with Gasteiger partial charge >= 0.3 is 11.8 Å². The molecule has 3 aromatic carbocycles. The first-order valence-corrected chi connectivity index (χ1v) is 10.8. The highest BCUT2D eigenvalue weighted by atomic mass is 19.1. The molecular weight excluding hydrogens is 453 g/mol. The average molecular weight is 480 g/mol. The molecule has 0 fully saturated rings. The number of benzene rings is 3. The van der Waals surface area contributed by atoms with Gasteiger partial charge in [0.2, 0.25) is 0 Å². The van der Waals surface area contributed by atoms with E-state index in [2.05, 4.69) is 15.8 Å². The van der Waals surface area contributed by atoms with Crippen LogP contribution >= 0.6 is 0 Å². The molecule has 0 aliphatic carbocycles. The Hall–Kier alpha value is -4.40. The van der Waals surface area contributed by atoms with E-state index in [1.54, 1.807) is 61.5 Å². The third-order valence-corrected chi connectivity index (χ3v) is 4.84. The average Bonchev–Trinajstić information content (AvgIpc) is 2.87. The second-order valence-corrected chi connectivity index (χ2v) is 7.33. The van der Waals surface area contributed by atoms with Gasteiger partial charge in [0.05, 0.1) is 19.4 Å². The largest absolute Gasteiger partial charge is 0.494 e. The summed E-state index contributed by atoms with van der Waals surface area (Å²) in [5, 5.41) is 6.50. The van der Waals surface area contributed by atoms with E-state index in [1.807, 2.05) is 6.92 Å². The number of halogens is 1. The Labute approximate surface area is 202 Å². The van der Waals surface area contributed by atoms with Gasteiger partial charge in [0.1, 0.15) is 18.2 Å². The fraction of sp³-hybridized carbons (Fsp3) is 0.192. The van der Waals surface area contributed by atoms with Crippen molar-refractivity contribution in [2.75, 3.05) is 19.0 Å². The van der Waals surface area contributed by atoms with Gasteiger partial charge in [0.15, 0.2) is 11.5 Å². The number of nitrogens with one attached hydrogen (secondary N) is 2. The molecule has 0 radical (unpaired) electrons. The molecule has 0 aliphatic rings. The molecule has 9 heteroatoms. The van der Waals surface area contributed by atoms with Crippen LogP contribution in [-0.4, -0.2) is 31.2 Å². The van der Waals surface area contributed by atoms with Crippen molar-refractivity contribution in [1.29, 1.82) is 0 Å². The minimum absolute atomic E-state index is 0.239. The van der Waals surface area contributed by atoms with Gasteiger partial charge in [-0.1, -0.05) is 12.1 Å². The predicted octanol–water partition coefficient (Wildman–Crippen LogP) is 4.29. The van der Waals surface area contributed by atoms with Crippen LogP contribution < -0.4 is 25.0 Å². The van der Waals surface area contributed by atoms with E-state index in [1.165, 1.54) is 19.2 Å². The fourth-order valence-electron chi connectivity index (χ4n) is 2.99. The summed E-state index contributed by atoms with van der Waals surface area (Å²) in [6.45, 7) is 4.32. The molecule has 0 spiro atoms. The van der Waals surface area contributed by atoms with Crippen molar-refractivity contribution in [1.82, 2.24) is 5.43 Å². The molecule has 0 saturated carbocycles. The third kappa shape index (κ3) is 7.29. The summed E-state index contributed by atoms with van der Waals surface area (Å²) in [4.78, 5) is 24.3. The number of hydrogen-bond donors (Lipinski definition) is 2. The van der Waals surface area contributed by atoms with E-state index in [9.17, 15) is 14.0 Å². The van der Waals surface area contributed by atoms with Crippen molar-refractivity contribution in [2.45, 2.75) is 20.5 Å². The molecule has 0 saturated heterocycles. The quantitative estimate of drug-likeness (QED) is 0.271. The Morgan fingerprint density at radius 3 is 2.29 bits per heavy atom. The molecule has 35 heavy (non-hydrogen) atoms. The lowest BCUT2D eigenvalue weighted by Crippen LogP contribution is -2.32. The lowest BCUT2D eigenvalue weighted by Gasteiger charge is -2.12. The summed E-state index contributed by atoms with van der Waals surface area (Å²) >= 11 is 0. The Bertz CT molecular complexity index is 1190. The summed E-state index contributed by atoms with van der Waals surface area (Å²) in [7, 11) is 1.50. The van der Waals surface area contributed by atoms with Gasteiger partial charge < -0.3 is 19.5 Å². The van der Waals surface area contributed by atoms with Crippen LogP contribution in [0.2, 0.25) is 0 Å². The number of rotatable bonds is 9. The number of amides is 2. The van der Waals surface area contributed by atoms with Gasteiger partial charge in [-0.2, -0.15) is 5.10 Å². The SMILES string of the molecule is CCOc1ccc(NC(=O)C(=O)N/N=C(\C)c2ccc(OCc3ccc(F)cc3)c(OC)c2)cc1. The van der Waals surface area contributed by atoms with Crippen molar-refractivity contribution >= 4 is 23.2 Å². The Kier molecular flexibility index (Phi) is 8.77. The van der Waals surface area contributed by atoms with Crippen LogP contribution in [0.25, 0.3) is 0 Å². The van der Waals surface area contributed by atoms with Crippen LogP contribution in [0, 0.1) is 5.82 Å². The highest BCUT2D eigenvalue weighted by Crippen LogP contribution is 2.29. The predicted molar refractivity (Wildman–Crippen MR) is 130 cm³/mol. The first kappa shape index (κ1) is 25.2. The number of carbonyl (C=O) groups is 2. The Balaban J connectivity index is 1.58. The van der Waals surface area contributed by atoms with Crippen molar-refractivity contribution < 1.29 is 28.2 Å². The molecule has 0 atom stereocenters. The minimum atomic E-state index is -0.913. The summed E-state index contributed by atoms with van der Waals surface area (Å²) in [5.74, 6) is -0.466. The van der Waals surface area contributed by atoms with Crippen LogP contribution in [0.4, 0.5) is 10.1 Å². The summed E-state index contributed by atoms with van der Waals surface area (Å²) < 4.78 is 29.6. The lowest BCUT2D eigenvalue weighted by atomic mass is 10.1. The second-order valence-electron chi connectivity index (χ2n) is 7.33. The van der Waals surface area contributed by atoms with Crippen molar-refractivity contribution in [3.63, 3.8) is 0 Å². The minimum Gasteiger partial charge on any atom is -0.494 e. The molecule has 2 N–H and O–H groups in total. The van der Waals surface area contributed by atoms with Crippen LogP contribution in [0.5, 0.6) is 17.2 Å². The van der Waals surface area contributed by atoms with Crippen LogP contribution in [0.3, 0.4) is 0 Å². The number of nitrogens with zero attached hydrogens (tertiary/aromatic N) is 1. The van der Waals surface area contributed by atoms with Crippen LogP contribution in [-0.2, 0) is 16.2 Å². The van der Waals surface area contributed by atoms with Gasteiger partial charge in [-0.3, -0.25) is 9.59 Å². The van der Waals surface area contributed by atoms with E-state index in [0.29, 0.717) is 40.8 Å². The molecule has 2 amide bonds. The van der Waals surface area contributed by atoms with Crippen LogP contribution in [0.15, 0.2) is 71.8 Å². The first-order chi connectivity index (χ1) is 16.9. The summed E-state index contributed by atoms with van der Waals surface area (Å²) in [6.07, 6.45) is 0. The molecule has 8 nitrogen and oxygen atoms in total. The molecule has 0 aliphatic heterocycles. The number of ether oxygens (including phenoxy) is 3. The maximum Gasteiger partial charge on any atom is 0.329 e. The zero-order valence-electron chi connectivity index (χ0n) is 19.6. The molecule has 182 valence electrons. The highest BCUT2D eigenvalue weighted by molar-refractivity contribution is 6.39. The zero-order valence-corrected chi connectivity index (χ0v) is 19.6. The maximum absolute atomic E-state index is 13.1. The molecule has 3 aromatic rings. The van der Waals surface area contributed by atoms with Gasteiger partial charge in [-0.15, -0.1) is 0 Å². The van der Waals surface area contributed by atoms with Gasteiger partial charge in [-0.05, 0) is 74.0 Å². The summed E-state index contributed by atoms with van der Waals surface area (Å²) in [5.41, 5.74) is 4.62. The molecule has 0 aromatic heterocycles. The highest BCUT2D eigenvalue weighted by Gasteiger charge is 2.14. The van der Waals surface area contributed by atoms with Gasteiger partial charge in [0, 0.05) is 11.3 Å². The third-order valence-electron chi connectivity index (χ3n) is 4.84. The number of hydrazone groups is 1. The number of hydrogen-bond acceptors (Lipinski definition) is 6.